The summed E-state index contributed by atoms with van der Waals surface area (Å²) in [5.74, 6) is 0.434. The number of nitrogens with zero attached hydrogens (tertiary/aromatic N) is 2. The monoisotopic (exact) mass is 475 g/mol. The zero-order chi connectivity index (χ0) is 24.2. The first-order chi connectivity index (χ1) is 15.6. The molecule has 0 unspecified atom stereocenters. The second kappa shape index (κ2) is 10.5. The largest absolute Gasteiger partial charge is 0.381 e. The number of sulfonamides is 1. The lowest BCUT2D eigenvalue weighted by Crippen LogP contribution is -2.35. The van der Waals surface area contributed by atoms with Gasteiger partial charge in [0.1, 0.15) is 5.69 Å². The van der Waals surface area contributed by atoms with Crippen LogP contribution in [0.25, 0.3) is 0 Å². The number of ether oxygens (including phenoxy) is 1. The van der Waals surface area contributed by atoms with Crippen molar-refractivity contribution in [3.8, 4) is 0 Å². The molecule has 1 aliphatic rings. The van der Waals surface area contributed by atoms with E-state index in [1.54, 1.807) is 6.07 Å². The Morgan fingerprint density at radius 1 is 1.15 bits per heavy atom. The Balaban J connectivity index is 1.95. The summed E-state index contributed by atoms with van der Waals surface area (Å²) in [5.41, 5.74) is 2.54. The summed E-state index contributed by atoms with van der Waals surface area (Å²) in [7, 11) is -4.01. The summed E-state index contributed by atoms with van der Waals surface area (Å²) in [4.78, 5) is 11.2. The summed E-state index contributed by atoms with van der Waals surface area (Å²) >= 11 is 0. The van der Waals surface area contributed by atoms with E-state index in [1.807, 2.05) is 39.8 Å². The van der Waals surface area contributed by atoms with Crippen LogP contribution in [0.2, 0.25) is 0 Å². The molecule has 0 spiro atoms. The highest BCUT2D eigenvalue weighted by atomic mass is 32.2. The molecule has 0 aromatic heterocycles. The summed E-state index contributed by atoms with van der Waals surface area (Å²) in [5, 5.41) is 14.9. The molecule has 33 heavy (non-hydrogen) atoms. The standard InChI is InChI=1S/C24H33N3O5S/c1-17(2)16-26(23-8-5-18(3)13-19(23)4)33(30,31)21-6-7-22(24(14-21)27(28)29)25-15-20-9-11-32-12-10-20/h5-8,13-14,17,20,25H,9-12,15-16H2,1-4H3. The Morgan fingerprint density at radius 2 is 1.85 bits per heavy atom. The van der Waals surface area contributed by atoms with Gasteiger partial charge in [0.2, 0.25) is 0 Å². The summed E-state index contributed by atoms with van der Waals surface area (Å²) < 4.78 is 34.1. The van der Waals surface area contributed by atoms with Crippen molar-refractivity contribution in [3.05, 3.63) is 57.6 Å². The quantitative estimate of drug-likeness (QED) is 0.409. The van der Waals surface area contributed by atoms with Crippen molar-refractivity contribution < 1.29 is 18.1 Å². The van der Waals surface area contributed by atoms with Gasteiger partial charge in [0, 0.05) is 32.4 Å². The smallest absolute Gasteiger partial charge is 0.293 e. The van der Waals surface area contributed by atoms with Crippen molar-refractivity contribution in [3.63, 3.8) is 0 Å². The number of aryl methyl sites for hydroxylation is 2. The zero-order valence-electron chi connectivity index (χ0n) is 19.7. The minimum absolute atomic E-state index is 0.0656. The predicted octanol–water partition coefficient (Wildman–Crippen LogP) is 4.90. The number of nitro groups is 1. The maximum Gasteiger partial charge on any atom is 0.293 e. The lowest BCUT2D eigenvalue weighted by molar-refractivity contribution is -0.384. The Morgan fingerprint density at radius 3 is 2.45 bits per heavy atom. The van der Waals surface area contributed by atoms with E-state index >= 15 is 0 Å². The molecule has 1 saturated heterocycles. The lowest BCUT2D eigenvalue weighted by Gasteiger charge is -2.28. The van der Waals surface area contributed by atoms with Gasteiger partial charge in [0.05, 0.1) is 15.5 Å². The van der Waals surface area contributed by atoms with Gasteiger partial charge in [0.15, 0.2) is 0 Å². The van der Waals surface area contributed by atoms with Crippen LogP contribution in [-0.4, -0.2) is 39.6 Å². The maximum atomic E-state index is 13.7. The zero-order valence-corrected chi connectivity index (χ0v) is 20.5. The van der Waals surface area contributed by atoms with E-state index in [1.165, 1.54) is 22.5 Å². The molecule has 9 heteroatoms. The van der Waals surface area contributed by atoms with Gasteiger partial charge in [-0.2, -0.15) is 0 Å². The van der Waals surface area contributed by atoms with Gasteiger partial charge < -0.3 is 10.1 Å². The molecule has 3 rings (SSSR count). The molecule has 1 heterocycles. The van der Waals surface area contributed by atoms with Crippen molar-refractivity contribution in [2.75, 3.05) is 35.9 Å². The van der Waals surface area contributed by atoms with Gasteiger partial charge in [-0.1, -0.05) is 31.5 Å². The average molecular weight is 476 g/mol. The third kappa shape index (κ3) is 6.03. The second-order valence-electron chi connectivity index (χ2n) is 9.09. The van der Waals surface area contributed by atoms with Crippen LogP contribution in [0.4, 0.5) is 17.1 Å². The third-order valence-electron chi connectivity index (χ3n) is 5.83. The molecule has 0 atom stereocenters. The highest BCUT2D eigenvalue weighted by Crippen LogP contribution is 2.33. The van der Waals surface area contributed by atoms with Crippen molar-refractivity contribution in [1.29, 1.82) is 0 Å². The Hall–Kier alpha value is -2.65. The van der Waals surface area contributed by atoms with Crippen LogP contribution in [0.5, 0.6) is 0 Å². The first-order valence-electron chi connectivity index (χ1n) is 11.3. The van der Waals surface area contributed by atoms with E-state index in [0.717, 1.165) is 24.0 Å². The first-order valence-corrected chi connectivity index (χ1v) is 12.7. The van der Waals surface area contributed by atoms with Crippen LogP contribution >= 0.6 is 0 Å². The molecule has 0 amide bonds. The Labute approximate surface area is 196 Å². The normalized spacial score (nSPS) is 14.9. The summed E-state index contributed by atoms with van der Waals surface area (Å²) in [6.45, 7) is 9.94. The third-order valence-corrected chi connectivity index (χ3v) is 7.60. The Kier molecular flexibility index (Phi) is 7.97. The fourth-order valence-electron chi connectivity index (χ4n) is 4.05. The number of nitro benzene ring substituents is 1. The summed E-state index contributed by atoms with van der Waals surface area (Å²) in [6, 6.07) is 9.72. The highest BCUT2D eigenvalue weighted by molar-refractivity contribution is 7.92. The van der Waals surface area contributed by atoms with Crippen molar-refractivity contribution in [2.45, 2.75) is 45.4 Å². The molecule has 8 nitrogen and oxygen atoms in total. The van der Waals surface area contributed by atoms with Gasteiger partial charge in [-0.05, 0) is 62.3 Å². The van der Waals surface area contributed by atoms with E-state index in [9.17, 15) is 18.5 Å². The molecule has 0 bridgehead atoms. The van der Waals surface area contributed by atoms with Crippen molar-refractivity contribution in [1.82, 2.24) is 0 Å². The minimum Gasteiger partial charge on any atom is -0.381 e. The fraction of sp³-hybridized carbons (Fsp3) is 0.500. The fourth-order valence-corrected chi connectivity index (χ4v) is 5.76. The molecule has 180 valence electrons. The van der Waals surface area contributed by atoms with E-state index in [4.69, 9.17) is 4.74 Å². The highest BCUT2D eigenvalue weighted by Gasteiger charge is 2.29. The van der Waals surface area contributed by atoms with Gasteiger partial charge in [-0.25, -0.2) is 8.42 Å². The number of anilines is 2. The molecule has 1 fully saturated rings. The maximum absolute atomic E-state index is 13.7. The summed E-state index contributed by atoms with van der Waals surface area (Å²) in [6.07, 6.45) is 1.79. The average Bonchev–Trinajstić information content (AvgIpc) is 2.76. The van der Waals surface area contributed by atoms with Crippen LogP contribution in [0.3, 0.4) is 0 Å². The van der Waals surface area contributed by atoms with Crippen LogP contribution < -0.4 is 9.62 Å². The molecule has 1 N–H and O–H groups in total. The SMILES string of the molecule is Cc1ccc(N(CC(C)C)S(=O)(=O)c2ccc(NCC3CCOCC3)c([N+](=O)[O-])c2)c(C)c1. The number of nitrogens with one attached hydrogen (secondary N) is 1. The van der Waals surface area contributed by atoms with E-state index < -0.39 is 14.9 Å². The second-order valence-corrected chi connectivity index (χ2v) is 11.0. The number of benzene rings is 2. The van der Waals surface area contributed by atoms with Crippen LogP contribution in [0, 0.1) is 35.8 Å². The van der Waals surface area contributed by atoms with E-state index in [-0.39, 0.29) is 23.0 Å². The molecule has 1 aliphatic heterocycles. The lowest BCUT2D eigenvalue weighted by atomic mass is 10.0. The van der Waals surface area contributed by atoms with Crippen molar-refractivity contribution >= 4 is 27.1 Å². The van der Waals surface area contributed by atoms with Crippen LogP contribution in [0.15, 0.2) is 41.3 Å². The molecular formula is C24H33N3O5S. The molecule has 0 radical (unpaired) electrons. The molecule has 0 saturated carbocycles. The number of hydrogen-bond donors (Lipinski definition) is 1. The predicted molar refractivity (Wildman–Crippen MR) is 130 cm³/mol. The first kappa shape index (κ1) is 25.0. The molecule has 0 aliphatic carbocycles. The van der Waals surface area contributed by atoms with Gasteiger partial charge in [0.25, 0.3) is 15.7 Å². The van der Waals surface area contributed by atoms with E-state index in [0.29, 0.717) is 37.1 Å². The molecular weight excluding hydrogens is 442 g/mol. The molecule has 2 aromatic carbocycles. The van der Waals surface area contributed by atoms with E-state index in [2.05, 4.69) is 5.32 Å². The Bertz CT molecular complexity index is 1100. The topological polar surface area (TPSA) is 102 Å². The number of hydrogen-bond acceptors (Lipinski definition) is 6. The van der Waals surface area contributed by atoms with Crippen LogP contribution in [0.1, 0.15) is 37.8 Å². The van der Waals surface area contributed by atoms with Gasteiger partial charge >= 0.3 is 0 Å². The minimum atomic E-state index is -4.01. The van der Waals surface area contributed by atoms with Gasteiger partial charge in [-0.15, -0.1) is 0 Å². The van der Waals surface area contributed by atoms with Crippen molar-refractivity contribution in [2.24, 2.45) is 11.8 Å². The molecule has 2 aromatic rings. The van der Waals surface area contributed by atoms with Crippen LogP contribution in [-0.2, 0) is 14.8 Å². The number of rotatable bonds is 9. The van der Waals surface area contributed by atoms with Gasteiger partial charge in [-0.3, -0.25) is 14.4 Å².